The first-order chi connectivity index (χ1) is 10.2. The van der Waals surface area contributed by atoms with Crippen molar-refractivity contribution in [1.82, 2.24) is 9.88 Å². The molecule has 0 radical (unpaired) electrons. The molecule has 0 bridgehead atoms. The van der Waals surface area contributed by atoms with Crippen LogP contribution in [0.5, 0.6) is 5.75 Å². The topological polar surface area (TPSA) is 71.6 Å². The number of rotatable bonds is 7. The smallest absolute Gasteiger partial charge is 0.119 e. The van der Waals surface area contributed by atoms with Gasteiger partial charge in [0.1, 0.15) is 11.9 Å². The van der Waals surface area contributed by atoms with Gasteiger partial charge in [0.15, 0.2) is 0 Å². The van der Waals surface area contributed by atoms with E-state index in [2.05, 4.69) is 9.88 Å². The molecule has 2 rings (SSSR count). The first kappa shape index (κ1) is 15.7. The average Bonchev–Trinajstić information content (AvgIpc) is 2.51. The Bertz CT molecular complexity index is 589. The molecule has 1 atom stereocenters. The van der Waals surface area contributed by atoms with Crippen LogP contribution in [0, 0.1) is 0 Å². The van der Waals surface area contributed by atoms with Crippen molar-refractivity contribution in [2.24, 2.45) is 5.73 Å². The summed E-state index contributed by atoms with van der Waals surface area (Å²) in [7, 11) is 3.61. The molecule has 0 fully saturated rings. The van der Waals surface area contributed by atoms with Crippen LogP contribution in [0.15, 0.2) is 30.5 Å². The number of nitrogens with zero attached hydrogens (tertiary/aromatic N) is 2. The molecular formula is C16H23N3O2. The molecule has 0 aliphatic carbocycles. The molecule has 0 aliphatic rings. The lowest BCUT2D eigenvalue weighted by atomic mass is 10.1. The second kappa shape index (κ2) is 7.36. The van der Waals surface area contributed by atoms with Gasteiger partial charge in [-0.15, -0.1) is 0 Å². The predicted molar refractivity (Wildman–Crippen MR) is 84.4 cm³/mol. The lowest BCUT2D eigenvalue weighted by molar-refractivity contribution is 0.124. The third-order valence-corrected chi connectivity index (χ3v) is 3.55. The van der Waals surface area contributed by atoms with Gasteiger partial charge in [0, 0.05) is 18.1 Å². The van der Waals surface area contributed by atoms with Crippen LogP contribution in [-0.2, 0) is 0 Å². The van der Waals surface area contributed by atoms with Crippen LogP contribution in [0.1, 0.15) is 18.2 Å². The fourth-order valence-corrected chi connectivity index (χ4v) is 2.40. The van der Waals surface area contributed by atoms with Gasteiger partial charge in [0.05, 0.1) is 12.8 Å². The fraction of sp³-hybridized carbons (Fsp3) is 0.438. The molecule has 0 amide bonds. The average molecular weight is 289 g/mol. The number of aliphatic hydroxyl groups excluding tert-OH is 1. The van der Waals surface area contributed by atoms with Crippen LogP contribution in [0.3, 0.4) is 0 Å². The zero-order valence-corrected chi connectivity index (χ0v) is 12.6. The van der Waals surface area contributed by atoms with Gasteiger partial charge in [-0.3, -0.25) is 4.98 Å². The van der Waals surface area contributed by atoms with E-state index in [0.717, 1.165) is 29.5 Å². The Morgan fingerprint density at radius 3 is 2.90 bits per heavy atom. The Labute approximate surface area is 125 Å². The van der Waals surface area contributed by atoms with E-state index in [1.807, 2.05) is 31.3 Å². The van der Waals surface area contributed by atoms with Crippen molar-refractivity contribution >= 4 is 10.8 Å². The lowest BCUT2D eigenvalue weighted by Crippen LogP contribution is -2.27. The number of aliphatic hydroxyl groups is 1. The largest absolute Gasteiger partial charge is 0.497 e. The van der Waals surface area contributed by atoms with E-state index in [1.54, 1.807) is 13.3 Å². The quantitative estimate of drug-likeness (QED) is 0.809. The number of methoxy groups -OCH3 is 1. The highest BCUT2D eigenvalue weighted by atomic mass is 16.5. The van der Waals surface area contributed by atoms with Crippen LogP contribution in [0.4, 0.5) is 0 Å². The maximum Gasteiger partial charge on any atom is 0.119 e. The standard InChI is InChI=1S/C16H23N3O2/c1-19(9-3-7-17)11-15(20)16-14-10-13(21-2)5-4-12(14)6-8-18-16/h4-6,8,10,15,20H,3,7,9,11,17H2,1-2H3. The molecule has 1 aromatic heterocycles. The molecule has 0 aliphatic heterocycles. The number of likely N-dealkylation sites (N-methyl/N-ethyl adjacent to an activating group) is 1. The van der Waals surface area contributed by atoms with Gasteiger partial charge in [-0.05, 0) is 50.1 Å². The second-order valence-electron chi connectivity index (χ2n) is 5.20. The molecule has 1 unspecified atom stereocenters. The monoisotopic (exact) mass is 289 g/mol. The van der Waals surface area contributed by atoms with E-state index in [-0.39, 0.29) is 0 Å². The zero-order valence-electron chi connectivity index (χ0n) is 12.6. The van der Waals surface area contributed by atoms with Gasteiger partial charge in [0.25, 0.3) is 0 Å². The van der Waals surface area contributed by atoms with E-state index in [0.29, 0.717) is 18.8 Å². The van der Waals surface area contributed by atoms with E-state index >= 15 is 0 Å². The van der Waals surface area contributed by atoms with E-state index in [1.165, 1.54) is 0 Å². The summed E-state index contributed by atoms with van der Waals surface area (Å²) in [5.74, 6) is 0.764. The molecule has 5 heteroatoms. The number of pyridine rings is 1. The van der Waals surface area contributed by atoms with Crippen LogP contribution in [-0.4, -0.2) is 48.8 Å². The number of fused-ring (bicyclic) bond motifs is 1. The van der Waals surface area contributed by atoms with Gasteiger partial charge in [-0.1, -0.05) is 6.07 Å². The van der Waals surface area contributed by atoms with E-state index in [4.69, 9.17) is 10.5 Å². The van der Waals surface area contributed by atoms with Crippen LogP contribution in [0.2, 0.25) is 0 Å². The summed E-state index contributed by atoms with van der Waals surface area (Å²) in [4.78, 5) is 6.43. The molecule has 0 saturated carbocycles. The van der Waals surface area contributed by atoms with Crippen molar-refractivity contribution in [2.75, 3.05) is 33.8 Å². The number of aromatic nitrogens is 1. The Balaban J connectivity index is 2.23. The van der Waals surface area contributed by atoms with Crippen LogP contribution < -0.4 is 10.5 Å². The van der Waals surface area contributed by atoms with Crippen molar-refractivity contribution in [2.45, 2.75) is 12.5 Å². The highest BCUT2D eigenvalue weighted by molar-refractivity contribution is 5.86. The summed E-state index contributed by atoms with van der Waals surface area (Å²) >= 11 is 0. The first-order valence-electron chi connectivity index (χ1n) is 7.15. The number of hydrogen-bond donors (Lipinski definition) is 2. The summed E-state index contributed by atoms with van der Waals surface area (Å²) in [5, 5.41) is 12.4. The Hall–Kier alpha value is -1.69. The second-order valence-corrected chi connectivity index (χ2v) is 5.20. The number of benzene rings is 1. The summed E-state index contributed by atoms with van der Waals surface area (Å²) in [6, 6.07) is 7.74. The summed E-state index contributed by atoms with van der Waals surface area (Å²) in [6.45, 7) is 2.05. The minimum absolute atomic E-state index is 0.531. The van der Waals surface area contributed by atoms with Gasteiger partial charge in [-0.2, -0.15) is 0 Å². The summed E-state index contributed by atoms with van der Waals surface area (Å²) < 4.78 is 5.26. The minimum atomic E-state index is -0.636. The van der Waals surface area contributed by atoms with Crippen molar-refractivity contribution in [3.63, 3.8) is 0 Å². The molecular weight excluding hydrogens is 266 g/mol. The Morgan fingerprint density at radius 1 is 1.38 bits per heavy atom. The van der Waals surface area contributed by atoms with Crippen molar-refractivity contribution in [1.29, 1.82) is 0 Å². The summed E-state index contributed by atoms with van der Waals surface area (Å²) in [5.41, 5.74) is 6.20. The maximum absolute atomic E-state index is 10.5. The zero-order chi connectivity index (χ0) is 15.2. The highest BCUT2D eigenvalue weighted by Crippen LogP contribution is 2.26. The highest BCUT2D eigenvalue weighted by Gasteiger charge is 2.15. The van der Waals surface area contributed by atoms with Gasteiger partial charge < -0.3 is 20.5 Å². The van der Waals surface area contributed by atoms with Crippen molar-refractivity contribution in [3.05, 3.63) is 36.2 Å². The molecule has 0 saturated heterocycles. The normalized spacial score (nSPS) is 12.8. The van der Waals surface area contributed by atoms with Crippen molar-refractivity contribution in [3.8, 4) is 5.75 Å². The molecule has 0 spiro atoms. The van der Waals surface area contributed by atoms with Gasteiger partial charge in [-0.25, -0.2) is 0 Å². The maximum atomic E-state index is 10.5. The SMILES string of the molecule is COc1ccc2ccnc(C(O)CN(C)CCCN)c2c1. The molecule has 1 heterocycles. The first-order valence-corrected chi connectivity index (χ1v) is 7.15. The third kappa shape index (κ3) is 3.91. The molecule has 114 valence electrons. The molecule has 2 aromatic rings. The number of hydrogen-bond acceptors (Lipinski definition) is 5. The molecule has 21 heavy (non-hydrogen) atoms. The fourth-order valence-electron chi connectivity index (χ4n) is 2.40. The molecule has 5 nitrogen and oxygen atoms in total. The van der Waals surface area contributed by atoms with Crippen molar-refractivity contribution < 1.29 is 9.84 Å². The van der Waals surface area contributed by atoms with Crippen LogP contribution in [0.25, 0.3) is 10.8 Å². The van der Waals surface area contributed by atoms with Crippen LogP contribution >= 0.6 is 0 Å². The van der Waals surface area contributed by atoms with Gasteiger partial charge in [0.2, 0.25) is 0 Å². The predicted octanol–water partition coefficient (Wildman–Crippen LogP) is 1.56. The van der Waals surface area contributed by atoms with Gasteiger partial charge >= 0.3 is 0 Å². The minimum Gasteiger partial charge on any atom is -0.497 e. The Morgan fingerprint density at radius 2 is 2.19 bits per heavy atom. The lowest BCUT2D eigenvalue weighted by Gasteiger charge is -2.21. The van der Waals surface area contributed by atoms with E-state index in [9.17, 15) is 5.11 Å². The number of ether oxygens (including phenoxy) is 1. The molecule has 1 aromatic carbocycles. The summed E-state index contributed by atoms with van der Waals surface area (Å²) in [6.07, 6.45) is 2.01. The van der Waals surface area contributed by atoms with E-state index < -0.39 is 6.10 Å². The number of nitrogens with two attached hydrogens (primary N) is 1. The molecule has 3 N–H and O–H groups in total. The third-order valence-electron chi connectivity index (χ3n) is 3.55. The Kier molecular flexibility index (Phi) is 5.50.